The molecule has 1 heterocycles. The van der Waals surface area contributed by atoms with E-state index in [2.05, 4.69) is 23.3 Å². The monoisotopic (exact) mass is 238 g/mol. The van der Waals surface area contributed by atoms with Crippen molar-refractivity contribution in [3.8, 4) is 0 Å². The molecule has 1 aromatic rings. The zero-order chi connectivity index (χ0) is 12.3. The Labute approximate surface area is 103 Å². The molecule has 1 aromatic heterocycles. The molecule has 0 aliphatic heterocycles. The van der Waals surface area contributed by atoms with Crippen LogP contribution in [0.15, 0.2) is 24.5 Å². The van der Waals surface area contributed by atoms with Crippen LogP contribution in [-0.2, 0) is 9.47 Å². The number of methoxy groups -OCH3 is 1. The highest BCUT2D eigenvalue weighted by molar-refractivity contribution is 5.12. The Hall–Kier alpha value is -0.970. The van der Waals surface area contributed by atoms with Crippen LogP contribution in [-0.4, -0.2) is 38.5 Å². The van der Waals surface area contributed by atoms with Crippen LogP contribution < -0.4 is 5.32 Å². The summed E-state index contributed by atoms with van der Waals surface area (Å²) in [4.78, 5) is 4.10. The third kappa shape index (κ3) is 6.36. The van der Waals surface area contributed by atoms with Crippen molar-refractivity contribution in [3.63, 3.8) is 0 Å². The lowest BCUT2D eigenvalue weighted by Gasteiger charge is -2.13. The SMILES string of the molecule is COCCCOCCNC(C)c1cccnc1. The van der Waals surface area contributed by atoms with Gasteiger partial charge in [0.25, 0.3) is 0 Å². The smallest absolute Gasteiger partial charge is 0.0591 e. The van der Waals surface area contributed by atoms with Gasteiger partial charge in [-0.3, -0.25) is 4.98 Å². The fourth-order valence-corrected chi connectivity index (χ4v) is 1.50. The molecule has 0 saturated carbocycles. The summed E-state index contributed by atoms with van der Waals surface area (Å²) in [6.45, 7) is 5.23. The van der Waals surface area contributed by atoms with Gasteiger partial charge >= 0.3 is 0 Å². The summed E-state index contributed by atoms with van der Waals surface area (Å²) in [5, 5.41) is 3.39. The summed E-state index contributed by atoms with van der Waals surface area (Å²) in [6.07, 6.45) is 4.63. The van der Waals surface area contributed by atoms with Gasteiger partial charge in [-0.15, -0.1) is 0 Å². The number of nitrogens with one attached hydrogen (secondary N) is 1. The second-order valence-corrected chi connectivity index (χ2v) is 3.92. The number of aromatic nitrogens is 1. The second-order valence-electron chi connectivity index (χ2n) is 3.92. The van der Waals surface area contributed by atoms with E-state index in [-0.39, 0.29) is 0 Å². The molecule has 17 heavy (non-hydrogen) atoms. The van der Waals surface area contributed by atoms with E-state index in [4.69, 9.17) is 9.47 Å². The highest BCUT2D eigenvalue weighted by Gasteiger charge is 2.02. The van der Waals surface area contributed by atoms with Gasteiger partial charge in [-0.2, -0.15) is 0 Å². The average Bonchev–Trinajstić information content (AvgIpc) is 2.38. The molecular formula is C13H22N2O2. The van der Waals surface area contributed by atoms with Gasteiger partial charge in [0.15, 0.2) is 0 Å². The summed E-state index contributed by atoms with van der Waals surface area (Å²) in [5.41, 5.74) is 1.20. The lowest BCUT2D eigenvalue weighted by Crippen LogP contribution is -2.23. The first-order valence-electron chi connectivity index (χ1n) is 6.04. The maximum Gasteiger partial charge on any atom is 0.0591 e. The van der Waals surface area contributed by atoms with Crippen LogP contribution >= 0.6 is 0 Å². The predicted octanol–water partition coefficient (Wildman–Crippen LogP) is 1.79. The van der Waals surface area contributed by atoms with Crippen molar-refractivity contribution in [2.24, 2.45) is 0 Å². The Kier molecular flexibility index (Phi) is 7.54. The van der Waals surface area contributed by atoms with Crippen molar-refractivity contribution in [1.29, 1.82) is 0 Å². The van der Waals surface area contributed by atoms with Gasteiger partial charge < -0.3 is 14.8 Å². The van der Waals surface area contributed by atoms with Crippen LogP contribution in [0.25, 0.3) is 0 Å². The Morgan fingerprint density at radius 1 is 1.35 bits per heavy atom. The molecule has 1 N–H and O–H groups in total. The van der Waals surface area contributed by atoms with Gasteiger partial charge in [0.05, 0.1) is 6.61 Å². The van der Waals surface area contributed by atoms with Gasteiger partial charge in [-0.1, -0.05) is 6.07 Å². The van der Waals surface area contributed by atoms with Gasteiger partial charge in [0, 0.05) is 45.3 Å². The van der Waals surface area contributed by atoms with Crippen LogP contribution in [0.5, 0.6) is 0 Å². The molecule has 96 valence electrons. The van der Waals surface area contributed by atoms with Crippen LogP contribution in [0.1, 0.15) is 24.9 Å². The fraction of sp³-hybridized carbons (Fsp3) is 0.615. The molecule has 0 aliphatic carbocycles. The lowest BCUT2D eigenvalue weighted by molar-refractivity contribution is 0.103. The van der Waals surface area contributed by atoms with Gasteiger partial charge in [-0.25, -0.2) is 0 Å². The minimum absolute atomic E-state index is 0.311. The molecule has 0 fully saturated rings. The van der Waals surface area contributed by atoms with E-state index in [1.54, 1.807) is 13.3 Å². The molecule has 1 atom stereocenters. The van der Waals surface area contributed by atoms with E-state index < -0.39 is 0 Å². The Morgan fingerprint density at radius 3 is 2.94 bits per heavy atom. The summed E-state index contributed by atoms with van der Waals surface area (Å²) < 4.78 is 10.4. The first kappa shape index (κ1) is 14.1. The topological polar surface area (TPSA) is 43.4 Å². The summed E-state index contributed by atoms with van der Waals surface area (Å²) >= 11 is 0. The Balaban J connectivity index is 2.03. The van der Waals surface area contributed by atoms with Gasteiger partial charge in [0.1, 0.15) is 0 Å². The van der Waals surface area contributed by atoms with E-state index in [0.29, 0.717) is 6.04 Å². The van der Waals surface area contributed by atoms with E-state index in [0.717, 1.165) is 32.8 Å². The number of pyridine rings is 1. The number of nitrogens with zero attached hydrogens (tertiary/aromatic N) is 1. The van der Waals surface area contributed by atoms with Gasteiger partial charge in [0.2, 0.25) is 0 Å². The van der Waals surface area contributed by atoms with Crippen molar-refractivity contribution in [1.82, 2.24) is 10.3 Å². The summed E-state index contributed by atoms with van der Waals surface area (Å²) in [5.74, 6) is 0. The lowest BCUT2D eigenvalue weighted by atomic mass is 10.1. The maximum atomic E-state index is 5.46. The molecular weight excluding hydrogens is 216 g/mol. The van der Waals surface area contributed by atoms with Gasteiger partial charge in [-0.05, 0) is 25.0 Å². The molecule has 4 nitrogen and oxygen atoms in total. The van der Waals surface area contributed by atoms with Crippen molar-refractivity contribution in [2.75, 3.05) is 33.5 Å². The summed E-state index contributed by atoms with van der Waals surface area (Å²) in [6, 6.07) is 4.34. The van der Waals surface area contributed by atoms with Crippen molar-refractivity contribution < 1.29 is 9.47 Å². The highest BCUT2D eigenvalue weighted by Crippen LogP contribution is 2.08. The standard InChI is InChI=1S/C13H22N2O2/c1-12(13-5-3-6-14-11-13)15-7-10-17-9-4-8-16-2/h3,5-6,11-12,15H,4,7-10H2,1-2H3. The third-order valence-electron chi connectivity index (χ3n) is 2.52. The van der Waals surface area contributed by atoms with Crippen LogP contribution in [0.4, 0.5) is 0 Å². The molecule has 4 heteroatoms. The zero-order valence-corrected chi connectivity index (χ0v) is 10.7. The largest absolute Gasteiger partial charge is 0.385 e. The van der Waals surface area contributed by atoms with Crippen molar-refractivity contribution in [2.45, 2.75) is 19.4 Å². The first-order valence-corrected chi connectivity index (χ1v) is 6.04. The molecule has 0 aromatic carbocycles. The predicted molar refractivity (Wildman–Crippen MR) is 68.0 cm³/mol. The number of rotatable bonds is 9. The minimum atomic E-state index is 0.311. The average molecular weight is 238 g/mol. The van der Waals surface area contributed by atoms with Crippen molar-refractivity contribution in [3.05, 3.63) is 30.1 Å². The van der Waals surface area contributed by atoms with E-state index in [9.17, 15) is 0 Å². The maximum absolute atomic E-state index is 5.46. The molecule has 0 saturated heterocycles. The number of hydrogen-bond acceptors (Lipinski definition) is 4. The Morgan fingerprint density at radius 2 is 2.24 bits per heavy atom. The van der Waals surface area contributed by atoms with Crippen molar-refractivity contribution >= 4 is 0 Å². The number of hydrogen-bond donors (Lipinski definition) is 1. The quantitative estimate of drug-likeness (QED) is 0.666. The normalized spacial score (nSPS) is 12.6. The first-order chi connectivity index (χ1) is 8.34. The van der Waals surface area contributed by atoms with Crippen LogP contribution in [0.2, 0.25) is 0 Å². The van der Waals surface area contributed by atoms with E-state index >= 15 is 0 Å². The fourth-order valence-electron chi connectivity index (χ4n) is 1.50. The van der Waals surface area contributed by atoms with E-state index in [1.807, 2.05) is 12.3 Å². The number of ether oxygens (including phenoxy) is 2. The molecule has 1 rings (SSSR count). The van der Waals surface area contributed by atoms with Crippen LogP contribution in [0, 0.1) is 0 Å². The minimum Gasteiger partial charge on any atom is -0.385 e. The molecule has 1 unspecified atom stereocenters. The molecule has 0 bridgehead atoms. The second kappa shape index (κ2) is 9.10. The molecule has 0 radical (unpaired) electrons. The van der Waals surface area contributed by atoms with E-state index in [1.165, 1.54) is 5.56 Å². The molecule has 0 spiro atoms. The third-order valence-corrected chi connectivity index (χ3v) is 2.52. The molecule has 0 aliphatic rings. The summed E-state index contributed by atoms with van der Waals surface area (Å²) in [7, 11) is 1.71. The Bertz CT molecular complexity index is 280. The van der Waals surface area contributed by atoms with Crippen LogP contribution in [0.3, 0.4) is 0 Å². The zero-order valence-electron chi connectivity index (χ0n) is 10.7. The highest BCUT2D eigenvalue weighted by atomic mass is 16.5. The molecule has 0 amide bonds.